The molecule has 136 valence electrons. The maximum atomic E-state index is 11.8. The zero-order chi connectivity index (χ0) is 18.8. The SMILES string of the molecule is Cc1ccccc1/C=C/C(=O)NCCOc1ccc(SC(=O)NO)cc1. The maximum absolute atomic E-state index is 11.8. The molecule has 0 aliphatic heterocycles. The van der Waals surface area contributed by atoms with Gasteiger partial charge < -0.3 is 10.1 Å². The van der Waals surface area contributed by atoms with Gasteiger partial charge in [-0.05, 0) is 60.2 Å². The van der Waals surface area contributed by atoms with Crippen molar-refractivity contribution in [1.82, 2.24) is 10.8 Å². The van der Waals surface area contributed by atoms with E-state index in [1.165, 1.54) is 6.08 Å². The van der Waals surface area contributed by atoms with E-state index in [4.69, 9.17) is 9.94 Å². The minimum atomic E-state index is -0.555. The smallest absolute Gasteiger partial charge is 0.307 e. The minimum Gasteiger partial charge on any atom is -0.492 e. The lowest BCUT2D eigenvalue weighted by molar-refractivity contribution is -0.116. The standard InChI is InChI=1S/C19H20N2O4S/c1-14-4-2-3-5-15(14)6-11-18(22)20-12-13-25-16-7-9-17(10-8-16)26-19(23)21-24/h2-11,24H,12-13H2,1H3,(H,20,22)(H,21,23)/b11-6+. The summed E-state index contributed by atoms with van der Waals surface area (Å²) in [7, 11) is 0. The van der Waals surface area contributed by atoms with Crippen LogP contribution >= 0.6 is 11.8 Å². The predicted octanol–water partition coefficient (Wildman–Crippen LogP) is 3.39. The molecule has 2 rings (SSSR count). The molecule has 0 unspecified atom stereocenters. The molecule has 0 aromatic heterocycles. The van der Waals surface area contributed by atoms with Crippen LogP contribution in [-0.4, -0.2) is 29.5 Å². The molecule has 3 N–H and O–H groups in total. The summed E-state index contributed by atoms with van der Waals surface area (Å²) in [6.45, 7) is 2.69. The van der Waals surface area contributed by atoms with Crippen molar-refractivity contribution < 1.29 is 19.5 Å². The van der Waals surface area contributed by atoms with Crippen LogP contribution < -0.4 is 15.5 Å². The van der Waals surface area contributed by atoms with Crippen LogP contribution in [0, 0.1) is 6.92 Å². The summed E-state index contributed by atoms with van der Waals surface area (Å²) in [5.41, 5.74) is 3.67. The van der Waals surface area contributed by atoms with Crippen LogP contribution in [-0.2, 0) is 4.79 Å². The summed E-state index contributed by atoms with van der Waals surface area (Å²) in [5.74, 6) is 0.446. The van der Waals surface area contributed by atoms with E-state index < -0.39 is 5.24 Å². The molecule has 0 fully saturated rings. The third kappa shape index (κ3) is 6.62. The van der Waals surface area contributed by atoms with Crippen molar-refractivity contribution >= 4 is 29.0 Å². The average Bonchev–Trinajstić information content (AvgIpc) is 2.65. The highest BCUT2D eigenvalue weighted by molar-refractivity contribution is 8.13. The number of amides is 2. The number of rotatable bonds is 7. The van der Waals surface area contributed by atoms with Gasteiger partial charge in [-0.1, -0.05) is 24.3 Å². The Labute approximate surface area is 156 Å². The molecular formula is C19H20N2O4S. The number of thioether (sulfide) groups is 1. The van der Waals surface area contributed by atoms with Crippen molar-refractivity contribution in [1.29, 1.82) is 0 Å². The molecule has 0 atom stereocenters. The predicted molar refractivity (Wildman–Crippen MR) is 101 cm³/mol. The summed E-state index contributed by atoms with van der Waals surface area (Å²) in [4.78, 5) is 23.5. The fourth-order valence-corrected chi connectivity index (χ4v) is 2.61. The van der Waals surface area contributed by atoms with Crippen molar-refractivity contribution in [2.45, 2.75) is 11.8 Å². The highest BCUT2D eigenvalue weighted by Gasteiger charge is 2.03. The molecule has 2 aromatic rings. The van der Waals surface area contributed by atoms with Gasteiger partial charge in [0.2, 0.25) is 5.91 Å². The van der Waals surface area contributed by atoms with E-state index in [-0.39, 0.29) is 5.91 Å². The zero-order valence-electron chi connectivity index (χ0n) is 14.3. The summed E-state index contributed by atoms with van der Waals surface area (Å²) in [6.07, 6.45) is 3.28. The number of carbonyl (C=O) groups excluding carboxylic acids is 2. The van der Waals surface area contributed by atoms with Crippen molar-refractivity contribution in [3.05, 3.63) is 65.7 Å². The minimum absolute atomic E-state index is 0.182. The van der Waals surface area contributed by atoms with E-state index in [1.54, 1.807) is 35.8 Å². The Bertz CT molecular complexity index is 775. The van der Waals surface area contributed by atoms with Gasteiger partial charge >= 0.3 is 5.24 Å². The number of ether oxygens (including phenoxy) is 1. The van der Waals surface area contributed by atoms with Crippen LogP contribution in [0.15, 0.2) is 59.5 Å². The quantitative estimate of drug-likeness (QED) is 0.228. The van der Waals surface area contributed by atoms with Crippen LogP contribution in [0.3, 0.4) is 0 Å². The van der Waals surface area contributed by atoms with Crippen LogP contribution in [0.2, 0.25) is 0 Å². The molecule has 0 aliphatic carbocycles. The fraction of sp³-hybridized carbons (Fsp3) is 0.158. The van der Waals surface area contributed by atoms with Crippen LogP contribution in [0.4, 0.5) is 4.79 Å². The lowest BCUT2D eigenvalue weighted by Gasteiger charge is -2.07. The molecular weight excluding hydrogens is 352 g/mol. The van der Waals surface area contributed by atoms with Gasteiger partial charge in [0.05, 0.1) is 6.54 Å². The number of benzene rings is 2. The Kier molecular flexibility index (Phi) is 7.73. The van der Waals surface area contributed by atoms with Gasteiger partial charge in [-0.2, -0.15) is 0 Å². The summed E-state index contributed by atoms with van der Waals surface area (Å²) in [5, 5.41) is 10.7. The second-order valence-electron chi connectivity index (χ2n) is 5.30. The summed E-state index contributed by atoms with van der Waals surface area (Å²) < 4.78 is 5.53. The highest BCUT2D eigenvalue weighted by atomic mass is 32.2. The first-order valence-electron chi connectivity index (χ1n) is 7.95. The molecule has 2 aromatic carbocycles. The van der Waals surface area contributed by atoms with E-state index in [1.807, 2.05) is 31.2 Å². The van der Waals surface area contributed by atoms with Gasteiger partial charge in [0.1, 0.15) is 12.4 Å². The molecule has 0 saturated heterocycles. The Morgan fingerprint density at radius 1 is 1.15 bits per heavy atom. The van der Waals surface area contributed by atoms with E-state index in [2.05, 4.69) is 5.32 Å². The number of hydroxylamine groups is 1. The molecule has 0 aliphatic rings. The maximum Gasteiger partial charge on any atom is 0.307 e. The first-order chi connectivity index (χ1) is 12.6. The molecule has 0 spiro atoms. The first kappa shape index (κ1) is 19.6. The van der Waals surface area contributed by atoms with Crippen molar-refractivity contribution in [3.63, 3.8) is 0 Å². The number of aryl methyl sites for hydroxylation is 1. The number of nitrogens with one attached hydrogen (secondary N) is 2. The van der Waals surface area contributed by atoms with Crippen LogP contribution in [0.25, 0.3) is 6.08 Å². The molecule has 6 nitrogen and oxygen atoms in total. The van der Waals surface area contributed by atoms with E-state index in [0.717, 1.165) is 22.9 Å². The van der Waals surface area contributed by atoms with Crippen molar-refractivity contribution in [3.8, 4) is 5.75 Å². The molecule has 2 amide bonds. The van der Waals surface area contributed by atoms with Gasteiger partial charge in [-0.15, -0.1) is 0 Å². The lowest BCUT2D eigenvalue weighted by atomic mass is 10.1. The Morgan fingerprint density at radius 3 is 2.58 bits per heavy atom. The summed E-state index contributed by atoms with van der Waals surface area (Å²) in [6, 6.07) is 14.7. The number of hydrogen-bond donors (Lipinski definition) is 3. The normalized spacial score (nSPS) is 10.5. The van der Waals surface area contributed by atoms with E-state index in [9.17, 15) is 9.59 Å². The van der Waals surface area contributed by atoms with E-state index >= 15 is 0 Å². The molecule has 0 bridgehead atoms. The Balaban J connectivity index is 1.70. The third-order valence-electron chi connectivity index (χ3n) is 3.40. The largest absolute Gasteiger partial charge is 0.492 e. The Morgan fingerprint density at radius 2 is 1.88 bits per heavy atom. The molecule has 0 radical (unpaired) electrons. The summed E-state index contributed by atoms with van der Waals surface area (Å²) >= 11 is 0.869. The third-order valence-corrected chi connectivity index (χ3v) is 4.18. The van der Waals surface area contributed by atoms with Gasteiger partial charge in [-0.25, -0.2) is 5.48 Å². The average molecular weight is 372 g/mol. The van der Waals surface area contributed by atoms with Gasteiger partial charge in [0.15, 0.2) is 0 Å². The molecule has 7 heteroatoms. The zero-order valence-corrected chi connectivity index (χ0v) is 15.1. The molecule has 0 saturated carbocycles. The number of carbonyl (C=O) groups is 2. The first-order valence-corrected chi connectivity index (χ1v) is 8.76. The number of hydrogen-bond acceptors (Lipinski definition) is 5. The van der Waals surface area contributed by atoms with Crippen LogP contribution in [0.1, 0.15) is 11.1 Å². The van der Waals surface area contributed by atoms with Crippen molar-refractivity contribution in [2.24, 2.45) is 0 Å². The second kappa shape index (κ2) is 10.3. The van der Waals surface area contributed by atoms with Gasteiger partial charge in [0, 0.05) is 11.0 Å². The topological polar surface area (TPSA) is 87.7 Å². The van der Waals surface area contributed by atoms with Gasteiger partial charge in [-0.3, -0.25) is 14.8 Å². The molecule has 26 heavy (non-hydrogen) atoms. The highest BCUT2D eigenvalue weighted by Crippen LogP contribution is 2.21. The van der Waals surface area contributed by atoms with Gasteiger partial charge in [0.25, 0.3) is 0 Å². The van der Waals surface area contributed by atoms with E-state index in [0.29, 0.717) is 23.8 Å². The van der Waals surface area contributed by atoms with Crippen molar-refractivity contribution in [2.75, 3.05) is 13.2 Å². The second-order valence-corrected chi connectivity index (χ2v) is 6.35. The fourth-order valence-electron chi connectivity index (χ4n) is 2.08. The molecule has 0 heterocycles. The lowest BCUT2D eigenvalue weighted by Crippen LogP contribution is -2.26. The van der Waals surface area contributed by atoms with Crippen LogP contribution in [0.5, 0.6) is 5.75 Å². The Hall–Kier alpha value is -2.77. The monoisotopic (exact) mass is 372 g/mol.